The van der Waals surface area contributed by atoms with Gasteiger partial charge in [-0.15, -0.1) is 0 Å². The fourth-order valence-electron chi connectivity index (χ4n) is 3.68. The number of fused-ring (bicyclic) bond motifs is 1. The van der Waals surface area contributed by atoms with Crippen molar-refractivity contribution in [2.75, 3.05) is 18.0 Å². The summed E-state index contributed by atoms with van der Waals surface area (Å²) < 4.78 is 3.17. The van der Waals surface area contributed by atoms with Crippen molar-refractivity contribution in [3.05, 3.63) is 57.0 Å². The first-order valence-corrected chi connectivity index (χ1v) is 9.24. The number of anilines is 1. The number of aromatic nitrogens is 5. The molecule has 8 heteroatoms. The number of hydrogen-bond acceptors (Lipinski definition) is 6. The molecule has 0 bridgehead atoms. The third-order valence-electron chi connectivity index (χ3n) is 5.41. The van der Waals surface area contributed by atoms with Crippen molar-refractivity contribution < 1.29 is 0 Å². The third kappa shape index (κ3) is 2.81. The molecule has 1 saturated carbocycles. The van der Waals surface area contributed by atoms with E-state index in [1.165, 1.54) is 12.8 Å². The van der Waals surface area contributed by atoms with Gasteiger partial charge in [-0.25, -0.2) is 9.67 Å². The first-order valence-electron chi connectivity index (χ1n) is 9.24. The zero-order valence-corrected chi connectivity index (χ0v) is 15.1. The van der Waals surface area contributed by atoms with Crippen LogP contribution in [0.5, 0.6) is 0 Å². The molecule has 2 aliphatic rings. The third-order valence-corrected chi connectivity index (χ3v) is 5.41. The first kappa shape index (κ1) is 16.2. The molecule has 0 spiro atoms. The maximum atomic E-state index is 12.5. The number of nitrogens with zero attached hydrogens (tertiary/aromatic N) is 6. The van der Waals surface area contributed by atoms with E-state index in [9.17, 15) is 9.59 Å². The van der Waals surface area contributed by atoms with Crippen LogP contribution >= 0.6 is 0 Å². The van der Waals surface area contributed by atoms with Crippen LogP contribution in [0.25, 0.3) is 10.9 Å². The van der Waals surface area contributed by atoms with Crippen molar-refractivity contribution in [2.24, 2.45) is 13.0 Å². The van der Waals surface area contributed by atoms with E-state index in [1.54, 1.807) is 40.8 Å². The lowest BCUT2D eigenvalue weighted by atomic mass is 10.0. The molecule has 1 aliphatic carbocycles. The zero-order valence-electron chi connectivity index (χ0n) is 15.1. The quantitative estimate of drug-likeness (QED) is 0.684. The van der Waals surface area contributed by atoms with Crippen LogP contribution < -0.4 is 16.0 Å². The van der Waals surface area contributed by atoms with Gasteiger partial charge in [-0.1, -0.05) is 0 Å². The molecule has 3 aromatic heterocycles. The van der Waals surface area contributed by atoms with E-state index < -0.39 is 0 Å². The minimum Gasteiger partial charge on any atom is -0.341 e. The number of pyridine rings is 1. The largest absolute Gasteiger partial charge is 0.341 e. The Morgan fingerprint density at radius 1 is 1.15 bits per heavy atom. The topological polar surface area (TPSA) is 85.9 Å². The maximum Gasteiger partial charge on any atom is 0.266 e. The molecule has 3 aromatic rings. The van der Waals surface area contributed by atoms with Gasteiger partial charge in [0.15, 0.2) is 0 Å². The van der Waals surface area contributed by atoms with Gasteiger partial charge in [0.1, 0.15) is 0 Å². The molecule has 0 radical (unpaired) electrons. The second-order valence-electron chi connectivity index (χ2n) is 7.49. The van der Waals surface area contributed by atoms with Crippen LogP contribution in [-0.2, 0) is 13.6 Å². The minimum absolute atomic E-state index is 0.0554. The Morgan fingerprint density at radius 2 is 1.96 bits per heavy atom. The molecule has 0 unspecified atom stereocenters. The van der Waals surface area contributed by atoms with Gasteiger partial charge in [0.05, 0.1) is 29.3 Å². The van der Waals surface area contributed by atoms with E-state index >= 15 is 0 Å². The monoisotopic (exact) mass is 364 g/mol. The second kappa shape index (κ2) is 6.00. The fourth-order valence-corrected chi connectivity index (χ4v) is 3.68. The average Bonchev–Trinajstić information content (AvgIpc) is 3.48. The van der Waals surface area contributed by atoms with Gasteiger partial charge >= 0.3 is 0 Å². The van der Waals surface area contributed by atoms with Crippen molar-refractivity contribution in [2.45, 2.75) is 25.3 Å². The van der Waals surface area contributed by atoms with Crippen LogP contribution in [0.1, 0.15) is 24.5 Å². The van der Waals surface area contributed by atoms with Crippen molar-refractivity contribution in [3.63, 3.8) is 0 Å². The molecule has 4 heterocycles. The summed E-state index contributed by atoms with van der Waals surface area (Å²) in [6.45, 7) is 2.08. The van der Waals surface area contributed by atoms with Gasteiger partial charge in [0.25, 0.3) is 11.1 Å². The average molecular weight is 364 g/mol. The Hall–Kier alpha value is -3.03. The summed E-state index contributed by atoms with van der Waals surface area (Å²) in [4.78, 5) is 35.4. The summed E-state index contributed by atoms with van der Waals surface area (Å²) in [5.74, 6) is 1.48. The summed E-state index contributed by atoms with van der Waals surface area (Å²) in [5, 5.41) is 5.10. The lowest BCUT2D eigenvalue weighted by molar-refractivity contribution is 0.327. The van der Waals surface area contributed by atoms with E-state index in [4.69, 9.17) is 0 Å². The highest BCUT2D eigenvalue weighted by Gasteiger charge is 2.31. The Morgan fingerprint density at radius 3 is 2.74 bits per heavy atom. The highest BCUT2D eigenvalue weighted by molar-refractivity contribution is 5.77. The lowest BCUT2D eigenvalue weighted by Gasteiger charge is -2.40. The van der Waals surface area contributed by atoms with Gasteiger partial charge in [0, 0.05) is 44.2 Å². The molecule has 0 N–H and O–H groups in total. The normalized spacial score (nSPS) is 17.3. The summed E-state index contributed by atoms with van der Waals surface area (Å²) >= 11 is 0. The van der Waals surface area contributed by atoms with Crippen molar-refractivity contribution >= 4 is 16.9 Å². The first-order chi connectivity index (χ1) is 13.1. The van der Waals surface area contributed by atoms with Crippen LogP contribution in [0.3, 0.4) is 0 Å². The summed E-state index contributed by atoms with van der Waals surface area (Å²) in [6.07, 6.45) is 5.55. The molecule has 0 atom stereocenters. The molecule has 5 rings (SSSR count). The predicted molar refractivity (Wildman–Crippen MR) is 101 cm³/mol. The fraction of sp³-hybridized carbons (Fsp3) is 0.421. The van der Waals surface area contributed by atoms with E-state index in [0.29, 0.717) is 35.2 Å². The molecule has 2 fully saturated rings. The van der Waals surface area contributed by atoms with Crippen LogP contribution in [0.4, 0.5) is 5.95 Å². The van der Waals surface area contributed by atoms with Crippen molar-refractivity contribution in [1.82, 2.24) is 24.3 Å². The summed E-state index contributed by atoms with van der Waals surface area (Å²) in [6, 6.07) is 5.17. The van der Waals surface area contributed by atoms with Gasteiger partial charge in [0.2, 0.25) is 5.95 Å². The Bertz CT molecular complexity index is 1140. The van der Waals surface area contributed by atoms with Gasteiger partial charge in [-0.2, -0.15) is 5.10 Å². The SMILES string of the molecule is Cn1c(N2CC(Cn3nc(C4CC4)ccc3=O)C2)nc2cnccc2c1=O. The van der Waals surface area contributed by atoms with Gasteiger partial charge in [-0.05, 0) is 25.0 Å². The zero-order chi connectivity index (χ0) is 18.5. The Balaban J connectivity index is 1.35. The molecule has 0 aromatic carbocycles. The van der Waals surface area contributed by atoms with Crippen LogP contribution in [0.2, 0.25) is 0 Å². The number of hydrogen-bond donors (Lipinski definition) is 0. The molecular weight excluding hydrogens is 344 g/mol. The number of rotatable bonds is 4. The van der Waals surface area contributed by atoms with Crippen LogP contribution in [0.15, 0.2) is 40.2 Å². The van der Waals surface area contributed by atoms with Crippen LogP contribution in [-0.4, -0.2) is 37.4 Å². The van der Waals surface area contributed by atoms with E-state index in [0.717, 1.165) is 18.8 Å². The molecule has 1 aliphatic heterocycles. The van der Waals surface area contributed by atoms with E-state index in [2.05, 4.69) is 20.0 Å². The van der Waals surface area contributed by atoms with Crippen molar-refractivity contribution in [3.8, 4) is 0 Å². The maximum absolute atomic E-state index is 12.5. The smallest absolute Gasteiger partial charge is 0.266 e. The summed E-state index contributed by atoms with van der Waals surface area (Å²) in [7, 11) is 1.74. The van der Waals surface area contributed by atoms with Crippen molar-refractivity contribution in [1.29, 1.82) is 0 Å². The second-order valence-corrected chi connectivity index (χ2v) is 7.49. The van der Waals surface area contributed by atoms with Gasteiger partial charge in [-0.3, -0.25) is 19.1 Å². The molecule has 138 valence electrons. The Labute approximate surface area is 155 Å². The predicted octanol–water partition coefficient (Wildman–Crippen LogP) is 0.899. The molecular formula is C19H20N6O2. The lowest BCUT2D eigenvalue weighted by Crippen LogP contribution is -2.51. The van der Waals surface area contributed by atoms with Gasteiger partial charge < -0.3 is 4.90 Å². The molecule has 8 nitrogen and oxygen atoms in total. The standard InChI is InChI=1S/C19H20N6O2/c1-23-18(27)14-6-7-20-8-16(14)21-19(23)24-9-12(10-24)11-25-17(26)5-4-15(22-25)13-2-3-13/h4-8,12-13H,2-3,9-11H2,1H3. The molecule has 1 saturated heterocycles. The highest BCUT2D eigenvalue weighted by Crippen LogP contribution is 2.38. The van der Waals surface area contributed by atoms with Crippen LogP contribution in [0, 0.1) is 5.92 Å². The molecule has 0 amide bonds. The van der Waals surface area contributed by atoms with E-state index in [1.807, 2.05) is 6.07 Å². The highest BCUT2D eigenvalue weighted by atomic mass is 16.1. The minimum atomic E-state index is -0.0733. The Kier molecular flexibility index (Phi) is 3.60. The van der Waals surface area contributed by atoms with E-state index in [-0.39, 0.29) is 11.1 Å². The molecule has 27 heavy (non-hydrogen) atoms. The summed E-state index contributed by atoms with van der Waals surface area (Å²) in [5.41, 5.74) is 1.50.